The Morgan fingerprint density at radius 2 is 1.84 bits per heavy atom. The zero-order valence-corrected chi connectivity index (χ0v) is 19.3. The monoisotopic (exact) mass is 425 g/mol. The Hall–Kier alpha value is -2.08. The third kappa shape index (κ3) is 5.59. The summed E-state index contributed by atoms with van der Waals surface area (Å²) in [6, 6.07) is 7.18. The predicted molar refractivity (Wildman–Crippen MR) is 126 cm³/mol. The summed E-state index contributed by atoms with van der Waals surface area (Å²) in [5.74, 6) is 1.56. The van der Waals surface area contributed by atoms with Crippen LogP contribution < -0.4 is 10.6 Å². The molecule has 170 valence electrons. The van der Waals surface area contributed by atoms with E-state index in [2.05, 4.69) is 50.5 Å². The highest BCUT2D eigenvalue weighted by Crippen LogP contribution is 2.28. The van der Waals surface area contributed by atoms with E-state index in [1.165, 1.54) is 48.8 Å². The molecule has 1 atom stereocenters. The zero-order valence-electron chi connectivity index (χ0n) is 19.3. The van der Waals surface area contributed by atoms with Crippen LogP contribution in [0.15, 0.2) is 23.2 Å². The van der Waals surface area contributed by atoms with Crippen LogP contribution >= 0.6 is 0 Å². The van der Waals surface area contributed by atoms with Crippen molar-refractivity contribution < 1.29 is 4.79 Å². The first-order valence-corrected chi connectivity index (χ1v) is 12.2. The summed E-state index contributed by atoms with van der Waals surface area (Å²) < 4.78 is 0. The van der Waals surface area contributed by atoms with Gasteiger partial charge in [0.25, 0.3) is 0 Å². The zero-order chi connectivity index (χ0) is 21.6. The molecular formula is C25H39N5O. The lowest BCUT2D eigenvalue weighted by atomic mass is 9.84. The summed E-state index contributed by atoms with van der Waals surface area (Å²) in [5.41, 5.74) is 4.38. The van der Waals surface area contributed by atoms with E-state index in [9.17, 15) is 4.79 Å². The summed E-state index contributed by atoms with van der Waals surface area (Å²) in [7, 11) is 1.83. The lowest BCUT2D eigenvalue weighted by molar-refractivity contribution is -0.139. The standard InChI is InChI=1S/C25H39N5O/c1-19(22-11-10-20-6-3-4-7-23(20)18-22)28-25(26-2)27-12-13-29-14-16-30(17-15-29)24(31)21-8-5-9-21/h10-11,18-19,21H,3-9,12-17H2,1-2H3,(H2,26,27,28). The van der Waals surface area contributed by atoms with Gasteiger partial charge in [0.15, 0.2) is 5.96 Å². The number of fused-ring (bicyclic) bond motifs is 1. The van der Waals surface area contributed by atoms with Gasteiger partial charge in [-0.05, 0) is 62.1 Å². The number of aliphatic imine (C=N–C) groups is 1. The average molecular weight is 426 g/mol. The fraction of sp³-hybridized carbons (Fsp3) is 0.680. The molecule has 3 aliphatic rings. The van der Waals surface area contributed by atoms with Gasteiger partial charge in [-0.2, -0.15) is 0 Å². The van der Waals surface area contributed by atoms with Crippen LogP contribution in [0.4, 0.5) is 0 Å². The molecule has 31 heavy (non-hydrogen) atoms. The molecule has 1 aromatic carbocycles. The first-order chi connectivity index (χ1) is 15.1. The van der Waals surface area contributed by atoms with E-state index in [0.29, 0.717) is 11.8 Å². The van der Waals surface area contributed by atoms with E-state index >= 15 is 0 Å². The maximum absolute atomic E-state index is 12.4. The van der Waals surface area contributed by atoms with Crippen molar-refractivity contribution in [2.75, 3.05) is 46.3 Å². The second-order valence-electron chi connectivity index (χ2n) is 9.40. The predicted octanol–water partition coefficient (Wildman–Crippen LogP) is 2.74. The van der Waals surface area contributed by atoms with Crippen LogP contribution in [0.1, 0.15) is 61.8 Å². The number of aryl methyl sites for hydroxylation is 2. The fourth-order valence-corrected chi connectivity index (χ4v) is 4.94. The van der Waals surface area contributed by atoms with Crippen LogP contribution in [0.25, 0.3) is 0 Å². The Balaban J connectivity index is 1.18. The van der Waals surface area contributed by atoms with Crippen molar-refractivity contribution in [1.29, 1.82) is 0 Å². The van der Waals surface area contributed by atoms with Gasteiger partial charge in [0, 0.05) is 52.2 Å². The molecule has 0 radical (unpaired) electrons. The minimum Gasteiger partial charge on any atom is -0.355 e. The number of benzene rings is 1. The highest BCUT2D eigenvalue weighted by Gasteiger charge is 2.31. The van der Waals surface area contributed by atoms with Crippen LogP contribution in [0.5, 0.6) is 0 Å². The van der Waals surface area contributed by atoms with Gasteiger partial charge in [-0.1, -0.05) is 24.6 Å². The van der Waals surface area contributed by atoms with Crippen LogP contribution in [-0.4, -0.2) is 68.0 Å². The van der Waals surface area contributed by atoms with Crippen molar-refractivity contribution in [3.8, 4) is 0 Å². The highest BCUT2D eigenvalue weighted by molar-refractivity contribution is 5.80. The second kappa shape index (κ2) is 10.5. The van der Waals surface area contributed by atoms with Crippen molar-refractivity contribution in [2.45, 2.75) is 57.9 Å². The maximum atomic E-state index is 12.4. The third-order valence-corrected chi connectivity index (χ3v) is 7.31. The molecule has 0 spiro atoms. The Morgan fingerprint density at radius 1 is 1.10 bits per heavy atom. The van der Waals surface area contributed by atoms with Gasteiger partial charge in [0.2, 0.25) is 5.91 Å². The summed E-state index contributed by atoms with van der Waals surface area (Å²) in [6.45, 7) is 7.72. The number of nitrogens with zero attached hydrogens (tertiary/aromatic N) is 3. The molecule has 4 rings (SSSR count). The van der Waals surface area contributed by atoms with Gasteiger partial charge < -0.3 is 15.5 Å². The van der Waals surface area contributed by atoms with Gasteiger partial charge in [-0.3, -0.25) is 14.7 Å². The van der Waals surface area contributed by atoms with Gasteiger partial charge in [-0.25, -0.2) is 0 Å². The van der Waals surface area contributed by atoms with Crippen molar-refractivity contribution >= 4 is 11.9 Å². The van der Waals surface area contributed by atoms with Crippen LogP contribution in [-0.2, 0) is 17.6 Å². The molecule has 1 saturated carbocycles. The largest absolute Gasteiger partial charge is 0.355 e. The van der Waals surface area contributed by atoms with Gasteiger partial charge in [-0.15, -0.1) is 0 Å². The Labute approximate surface area is 187 Å². The maximum Gasteiger partial charge on any atom is 0.225 e. The van der Waals surface area contributed by atoms with E-state index in [4.69, 9.17) is 0 Å². The topological polar surface area (TPSA) is 60.0 Å². The fourth-order valence-electron chi connectivity index (χ4n) is 4.94. The van der Waals surface area contributed by atoms with Gasteiger partial charge in [0.1, 0.15) is 0 Å². The molecule has 1 aromatic rings. The minimum atomic E-state index is 0.222. The number of carbonyl (C=O) groups is 1. The van der Waals surface area contributed by atoms with E-state index in [-0.39, 0.29) is 6.04 Å². The first kappa shape index (κ1) is 22.1. The number of rotatable bonds is 6. The van der Waals surface area contributed by atoms with E-state index in [1.807, 2.05) is 7.05 Å². The number of guanidine groups is 1. The number of piperazine rings is 1. The number of hydrogen-bond donors (Lipinski definition) is 2. The summed E-state index contributed by atoms with van der Waals surface area (Å²) >= 11 is 0. The normalized spacial score (nSPS) is 21.2. The van der Waals surface area contributed by atoms with Crippen molar-refractivity contribution in [1.82, 2.24) is 20.4 Å². The summed E-state index contributed by atoms with van der Waals surface area (Å²) in [5, 5.41) is 7.01. The van der Waals surface area contributed by atoms with Crippen molar-refractivity contribution in [2.24, 2.45) is 10.9 Å². The minimum absolute atomic E-state index is 0.222. The number of nitrogens with one attached hydrogen (secondary N) is 2. The van der Waals surface area contributed by atoms with Crippen LogP contribution in [0.2, 0.25) is 0 Å². The van der Waals surface area contributed by atoms with Crippen LogP contribution in [0, 0.1) is 5.92 Å². The highest BCUT2D eigenvalue weighted by atomic mass is 16.2. The third-order valence-electron chi connectivity index (χ3n) is 7.31. The van der Waals surface area contributed by atoms with Gasteiger partial charge in [0.05, 0.1) is 6.04 Å². The molecule has 2 aliphatic carbocycles. The molecular weight excluding hydrogens is 386 g/mol. The smallest absolute Gasteiger partial charge is 0.225 e. The molecule has 1 aliphatic heterocycles. The molecule has 1 heterocycles. The first-order valence-electron chi connectivity index (χ1n) is 12.2. The Bertz CT molecular complexity index is 780. The van der Waals surface area contributed by atoms with E-state index < -0.39 is 0 Å². The Morgan fingerprint density at radius 3 is 2.52 bits per heavy atom. The molecule has 1 saturated heterocycles. The van der Waals surface area contributed by atoms with E-state index in [0.717, 1.165) is 58.1 Å². The van der Waals surface area contributed by atoms with E-state index in [1.54, 1.807) is 0 Å². The Kier molecular flexibility index (Phi) is 7.49. The van der Waals surface area contributed by atoms with Crippen molar-refractivity contribution in [3.05, 3.63) is 34.9 Å². The number of carbonyl (C=O) groups excluding carboxylic acids is 1. The SMILES string of the molecule is CN=C(NCCN1CCN(C(=O)C2CCC2)CC1)NC(C)c1ccc2c(c1)CCCC2. The van der Waals surface area contributed by atoms with Crippen molar-refractivity contribution in [3.63, 3.8) is 0 Å². The molecule has 2 fully saturated rings. The van der Waals surface area contributed by atoms with Gasteiger partial charge >= 0.3 is 0 Å². The summed E-state index contributed by atoms with van der Waals surface area (Å²) in [6.07, 6.45) is 8.49. The summed E-state index contributed by atoms with van der Waals surface area (Å²) in [4.78, 5) is 21.3. The second-order valence-corrected chi connectivity index (χ2v) is 9.40. The lowest BCUT2D eigenvalue weighted by Gasteiger charge is -2.38. The molecule has 1 amide bonds. The molecule has 2 N–H and O–H groups in total. The molecule has 0 aromatic heterocycles. The molecule has 6 nitrogen and oxygen atoms in total. The molecule has 0 bridgehead atoms. The average Bonchev–Trinajstić information content (AvgIpc) is 2.77. The molecule has 1 unspecified atom stereocenters. The van der Waals surface area contributed by atoms with Crippen LogP contribution in [0.3, 0.4) is 0 Å². The number of hydrogen-bond acceptors (Lipinski definition) is 3. The molecule has 6 heteroatoms. The quantitative estimate of drug-likeness (QED) is 0.544. The number of amides is 1. The lowest BCUT2D eigenvalue weighted by Crippen LogP contribution is -2.52.